The third-order valence-electron chi connectivity index (χ3n) is 4.59. The summed E-state index contributed by atoms with van der Waals surface area (Å²) in [5, 5.41) is 0. The summed E-state index contributed by atoms with van der Waals surface area (Å²) in [6.07, 6.45) is 0.435. The highest BCUT2D eigenvalue weighted by molar-refractivity contribution is 7.89. The van der Waals surface area contributed by atoms with Gasteiger partial charge in [-0.1, -0.05) is 0 Å². The van der Waals surface area contributed by atoms with Crippen LogP contribution in [0.1, 0.15) is 16.8 Å². The van der Waals surface area contributed by atoms with Crippen LogP contribution in [0.15, 0.2) is 47.4 Å². The Balaban J connectivity index is 1.74. The van der Waals surface area contributed by atoms with E-state index in [1.807, 2.05) is 0 Å². The van der Waals surface area contributed by atoms with Crippen molar-refractivity contribution in [1.82, 2.24) is 9.21 Å². The molecule has 1 aliphatic heterocycles. The van der Waals surface area contributed by atoms with E-state index in [2.05, 4.69) is 0 Å². The number of carbonyl (C=O) groups excluding carboxylic acids is 1. The fraction of sp³-hybridized carbons (Fsp3) is 0.316. The van der Waals surface area contributed by atoms with Crippen molar-refractivity contribution in [1.29, 1.82) is 0 Å². The van der Waals surface area contributed by atoms with Crippen LogP contribution in [0.25, 0.3) is 0 Å². The maximum atomic E-state index is 13.9. The van der Waals surface area contributed by atoms with Crippen molar-refractivity contribution >= 4 is 15.9 Å². The molecule has 0 bridgehead atoms. The molecule has 0 unspecified atom stereocenters. The van der Waals surface area contributed by atoms with Gasteiger partial charge in [-0.15, -0.1) is 0 Å². The number of carbonyl (C=O) groups is 1. The van der Waals surface area contributed by atoms with Crippen LogP contribution in [0, 0.1) is 11.6 Å². The number of rotatable bonds is 4. The van der Waals surface area contributed by atoms with Gasteiger partial charge in [0, 0.05) is 31.7 Å². The summed E-state index contributed by atoms with van der Waals surface area (Å²) < 4.78 is 58.7. The quantitative estimate of drug-likeness (QED) is 0.777. The molecular formula is C19H20F2N2O4S. The molecular weight excluding hydrogens is 390 g/mol. The van der Waals surface area contributed by atoms with Gasteiger partial charge in [-0.3, -0.25) is 4.79 Å². The lowest BCUT2D eigenvalue weighted by atomic mass is 10.2. The van der Waals surface area contributed by atoms with Crippen molar-refractivity contribution in [2.75, 3.05) is 33.3 Å². The Hall–Kier alpha value is -2.52. The number of benzene rings is 2. The summed E-state index contributed by atoms with van der Waals surface area (Å²) in [5.41, 5.74) is 0.343. The molecule has 0 spiro atoms. The zero-order valence-electron chi connectivity index (χ0n) is 15.3. The molecule has 1 heterocycles. The molecule has 1 amide bonds. The zero-order chi connectivity index (χ0) is 20.3. The maximum Gasteiger partial charge on any atom is 0.253 e. The van der Waals surface area contributed by atoms with Crippen LogP contribution < -0.4 is 4.74 Å². The summed E-state index contributed by atoms with van der Waals surface area (Å²) in [5.74, 6) is -1.51. The topological polar surface area (TPSA) is 66.9 Å². The number of hydrogen-bond acceptors (Lipinski definition) is 4. The van der Waals surface area contributed by atoms with Crippen molar-refractivity contribution < 1.29 is 26.7 Å². The molecule has 9 heteroatoms. The largest absolute Gasteiger partial charge is 0.494 e. The first-order chi connectivity index (χ1) is 13.3. The molecule has 28 heavy (non-hydrogen) atoms. The van der Waals surface area contributed by atoms with Gasteiger partial charge in [0.25, 0.3) is 5.91 Å². The van der Waals surface area contributed by atoms with E-state index in [0.29, 0.717) is 18.5 Å². The molecule has 0 atom stereocenters. The van der Waals surface area contributed by atoms with Crippen LogP contribution >= 0.6 is 0 Å². The Morgan fingerprint density at radius 3 is 2.36 bits per heavy atom. The van der Waals surface area contributed by atoms with E-state index in [0.717, 1.165) is 6.07 Å². The van der Waals surface area contributed by atoms with E-state index in [1.54, 1.807) is 0 Å². The molecule has 150 valence electrons. The van der Waals surface area contributed by atoms with Gasteiger partial charge in [0.1, 0.15) is 5.82 Å². The van der Waals surface area contributed by atoms with Crippen LogP contribution in [0.4, 0.5) is 8.78 Å². The molecule has 1 aliphatic rings. The summed E-state index contributed by atoms with van der Waals surface area (Å²) >= 11 is 0. The smallest absolute Gasteiger partial charge is 0.253 e. The minimum atomic E-state index is -3.90. The van der Waals surface area contributed by atoms with Crippen molar-refractivity contribution in [2.45, 2.75) is 11.3 Å². The summed E-state index contributed by atoms with van der Waals surface area (Å²) in [6.45, 7) is 0.860. The van der Waals surface area contributed by atoms with Gasteiger partial charge >= 0.3 is 0 Å². The Kier molecular flexibility index (Phi) is 5.95. The molecule has 1 saturated heterocycles. The van der Waals surface area contributed by atoms with E-state index < -0.39 is 21.7 Å². The highest BCUT2D eigenvalue weighted by Crippen LogP contribution is 2.24. The molecule has 2 aromatic carbocycles. The average molecular weight is 410 g/mol. The van der Waals surface area contributed by atoms with Crippen LogP contribution in [0.5, 0.6) is 5.75 Å². The molecule has 0 aliphatic carbocycles. The summed E-state index contributed by atoms with van der Waals surface area (Å²) in [6, 6.07) is 8.71. The lowest BCUT2D eigenvalue weighted by Gasteiger charge is -2.22. The fourth-order valence-electron chi connectivity index (χ4n) is 3.07. The first-order valence-corrected chi connectivity index (χ1v) is 10.2. The average Bonchev–Trinajstić information content (AvgIpc) is 2.94. The SMILES string of the molecule is COc1ccc(S(=O)(=O)N2CCCN(C(=O)c3ccc(F)cc3)CC2)cc1F. The van der Waals surface area contributed by atoms with Gasteiger partial charge in [-0.25, -0.2) is 17.2 Å². The number of amides is 1. The number of ether oxygens (including phenoxy) is 1. The fourth-order valence-corrected chi connectivity index (χ4v) is 4.55. The van der Waals surface area contributed by atoms with Crippen molar-refractivity contribution in [3.05, 3.63) is 59.7 Å². The van der Waals surface area contributed by atoms with Crippen molar-refractivity contribution in [3.8, 4) is 5.75 Å². The standard InChI is InChI=1S/C19H20F2N2O4S/c1-27-18-8-7-16(13-17(18)21)28(25,26)23-10-2-9-22(11-12-23)19(24)14-3-5-15(20)6-4-14/h3-8,13H,2,9-12H2,1H3. The molecule has 0 saturated carbocycles. The van der Waals surface area contributed by atoms with Gasteiger partial charge in [0.05, 0.1) is 12.0 Å². The summed E-state index contributed by atoms with van der Waals surface area (Å²) in [4.78, 5) is 14.0. The third-order valence-corrected chi connectivity index (χ3v) is 6.49. The van der Waals surface area contributed by atoms with E-state index in [1.165, 1.54) is 52.7 Å². The number of methoxy groups -OCH3 is 1. The second-order valence-electron chi connectivity index (χ2n) is 6.35. The van der Waals surface area contributed by atoms with E-state index >= 15 is 0 Å². The highest BCUT2D eigenvalue weighted by atomic mass is 32.2. The third kappa shape index (κ3) is 4.15. The number of hydrogen-bond donors (Lipinski definition) is 0. The molecule has 0 aromatic heterocycles. The second-order valence-corrected chi connectivity index (χ2v) is 8.29. The van der Waals surface area contributed by atoms with E-state index in [9.17, 15) is 22.0 Å². The Bertz CT molecular complexity index is 964. The molecule has 2 aromatic rings. The Morgan fingerprint density at radius 1 is 1.00 bits per heavy atom. The molecule has 3 rings (SSSR count). The Morgan fingerprint density at radius 2 is 1.71 bits per heavy atom. The summed E-state index contributed by atoms with van der Waals surface area (Å²) in [7, 11) is -2.60. The number of sulfonamides is 1. The molecule has 1 fully saturated rings. The normalized spacial score (nSPS) is 15.9. The number of nitrogens with zero attached hydrogens (tertiary/aromatic N) is 2. The highest BCUT2D eigenvalue weighted by Gasteiger charge is 2.29. The van der Waals surface area contributed by atoms with Gasteiger partial charge < -0.3 is 9.64 Å². The molecule has 0 N–H and O–H groups in total. The monoisotopic (exact) mass is 410 g/mol. The Labute approximate surface area is 162 Å². The van der Waals surface area contributed by atoms with Gasteiger partial charge in [-0.05, 0) is 48.9 Å². The lowest BCUT2D eigenvalue weighted by molar-refractivity contribution is 0.0764. The number of halogens is 2. The van der Waals surface area contributed by atoms with Crippen LogP contribution in [-0.4, -0.2) is 56.8 Å². The zero-order valence-corrected chi connectivity index (χ0v) is 16.1. The second kappa shape index (κ2) is 8.24. The van der Waals surface area contributed by atoms with Crippen LogP contribution in [0.2, 0.25) is 0 Å². The van der Waals surface area contributed by atoms with Gasteiger partial charge in [0.15, 0.2) is 11.6 Å². The van der Waals surface area contributed by atoms with E-state index in [-0.39, 0.29) is 36.2 Å². The maximum absolute atomic E-state index is 13.9. The predicted octanol–water partition coefficient (Wildman–Crippen LogP) is 2.51. The lowest BCUT2D eigenvalue weighted by Crippen LogP contribution is -2.37. The van der Waals surface area contributed by atoms with Gasteiger partial charge in [-0.2, -0.15) is 4.31 Å². The van der Waals surface area contributed by atoms with Crippen molar-refractivity contribution in [2.24, 2.45) is 0 Å². The van der Waals surface area contributed by atoms with Crippen LogP contribution in [0.3, 0.4) is 0 Å². The van der Waals surface area contributed by atoms with Gasteiger partial charge in [0.2, 0.25) is 10.0 Å². The van der Waals surface area contributed by atoms with E-state index in [4.69, 9.17) is 4.74 Å². The van der Waals surface area contributed by atoms with Crippen LogP contribution in [-0.2, 0) is 10.0 Å². The first kappa shape index (κ1) is 20.2. The van der Waals surface area contributed by atoms with Crippen molar-refractivity contribution in [3.63, 3.8) is 0 Å². The molecule has 0 radical (unpaired) electrons. The first-order valence-electron chi connectivity index (χ1n) is 8.71. The minimum absolute atomic E-state index is 0.0362. The molecule has 6 nitrogen and oxygen atoms in total. The predicted molar refractivity (Wildman–Crippen MR) is 98.6 cm³/mol. The minimum Gasteiger partial charge on any atom is -0.494 e.